The molecule has 0 N–H and O–H groups in total. The van der Waals surface area contributed by atoms with Crippen molar-refractivity contribution in [1.29, 1.82) is 0 Å². The molecule has 19 heavy (non-hydrogen) atoms. The molecule has 1 aliphatic heterocycles. The van der Waals surface area contributed by atoms with Crippen LogP contribution in [-0.2, 0) is 11.0 Å². The molecule has 2 rings (SSSR count). The van der Waals surface area contributed by atoms with Gasteiger partial charge in [0.15, 0.2) is 5.82 Å². The smallest absolute Gasteiger partial charge is 0.296 e. The van der Waals surface area contributed by atoms with Crippen molar-refractivity contribution in [1.82, 2.24) is 4.98 Å². The molecule has 7 heteroatoms. The maximum Gasteiger partial charge on any atom is 0.417 e. The lowest BCUT2D eigenvalue weighted by molar-refractivity contribution is -0.137. The highest BCUT2D eigenvalue weighted by molar-refractivity contribution is 6.33. The number of hydrogen-bond donors (Lipinski definition) is 0. The number of hydrogen-bond acceptors (Lipinski definition) is 2. The lowest BCUT2D eigenvalue weighted by Gasteiger charge is -2.21. The predicted octanol–water partition coefficient (Wildman–Crippen LogP) is 3.66. The van der Waals surface area contributed by atoms with Crippen molar-refractivity contribution in [3.05, 3.63) is 22.8 Å². The SMILES string of the molecule is O=C1CCCCCN1c1ncc(C(F)(F)F)cc1Cl. The fraction of sp³-hybridized carbons (Fsp3) is 0.500. The first-order valence-corrected chi connectivity index (χ1v) is 6.30. The van der Waals surface area contributed by atoms with Crippen LogP contribution < -0.4 is 4.90 Å². The molecule has 1 aliphatic rings. The quantitative estimate of drug-likeness (QED) is 0.791. The molecule has 3 nitrogen and oxygen atoms in total. The van der Waals surface area contributed by atoms with Crippen LogP contribution in [0.2, 0.25) is 5.02 Å². The Morgan fingerprint density at radius 2 is 2.00 bits per heavy atom. The van der Waals surface area contributed by atoms with E-state index in [1.54, 1.807) is 0 Å². The molecule has 0 unspecified atom stereocenters. The zero-order chi connectivity index (χ0) is 14.0. The minimum atomic E-state index is -4.49. The molecule has 0 aliphatic carbocycles. The van der Waals surface area contributed by atoms with Crippen molar-refractivity contribution < 1.29 is 18.0 Å². The molecule has 0 spiro atoms. The van der Waals surface area contributed by atoms with E-state index >= 15 is 0 Å². The Kier molecular flexibility index (Phi) is 3.99. The molecule has 1 fully saturated rings. The predicted molar refractivity (Wildman–Crippen MR) is 65.1 cm³/mol. The Bertz CT molecular complexity index is 490. The fourth-order valence-corrected chi connectivity index (χ4v) is 2.26. The first-order valence-electron chi connectivity index (χ1n) is 5.92. The van der Waals surface area contributed by atoms with Crippen LogP contribution in [0.25, 0.3) is 0 Å². The van der Waals surface area contributed by atoms with Gasteiger partial charge in [-0.1, -0.05) is 18.0 Å². The van der Waals surface area contributed by atoms with Crippen molar-refractivity contribution in [3.8, 4) is 0 Å². The number of anilines is 1. The van der Waals surface area contributed by atoms with Crippen LogP contribution >= 0.6 is 11.6 Å². The second-order valence-corrected chi connectivity index (χ2v) is 4.79. The summed E-state index contributed by atoms with van der Waals surface area (Å²) in [6.07, 6.45) is -0.908. The zero-order valence-electron chi connectivity index (χ0n) is 10.0. The number of halogens is 4. The van der Waals surface area contributed by atoms with Gasteiger partial charge in [0.05, 0.1) is 10.6 Å². The van der Waals surface area contributed by atoms with Crippen molar-refractivity contribution in [2.45, 2.75) is 31.9 Å². The first-order chi connectivity index (χ1) is 8.89. The van der Waals surface area contributed by atoms with Gasteiger partial charge in [0, 0.05) is 19.2 Å². The number of rotatable bonds is 1. The third-order valence-corrected chi connectivity index (χ3v) is 3.26. The van der Waals surface area contributed by atoms with E-state index in [1.807, 2.05) is 0 Å². The van der Waals surface area contributed by atoms with Crippen LogP contribution in [0.15, 0.2) is 12.3 Å². The summed E-state index contributed by atoms with van der Waals surface area (Å²) in [6.45, 7) is 0.441. The van der Waals surface area contributed by atoms with E-state index in [4.69, 9.17) is 11.6 Å². The molecule has 0 atom stereocenters. The van der Waals surface area contributed by atoms with Gasteiger partial charge in [-0.25, -0.2) is 4.98 Å². The second-order valence-electron chi connectivity index (χ2n) is 4.38. The number of aromatic nitrogens is 1. The highest BCUT2D eigenvalue weighted by Gasteiger charge is 2.32. The average molecular weight is 293 g/mol. The Morgan fingerprint density at radius 1 is 1.26 bits per heavy atom. The van der Waals surface area contributed by atoms with Crippen molar-refractivity contribution in [2.24, 2.45) is 0 Å². The van der Waals surface area contributed by atoms with E-state index < -0.39 is 11.7 Å². The van der Waals surface area contributed by atoms with E-state index in [-0.39, 0.29) is 16.7 Å². The Hall–Kier alpha value is -1.30. The molecule has 1 saturated heterocycles. The highest BCUT2D eigenvalue weighted by Crippen LogP contribution is 2.34. The van der Waals surface area contributed by atoms with Gasteiger partial charge in [-0.05, 0) is 18.9 Å². The number of carbonyl (C=O) groups excluding carboxylic acids is 1. The summed E-state index contributed by atoms with van der Waals surface area (Å²) in [7, 11) is 0. The van der Waals surface area contributed by atoms with Gasteiger partial charge in [-0.2, -0.15) is 13.2 Å². The minimum absolute atomic E-state index is 0.113. The number of nitrogens with zero attached hydrogens (tertiary/aromatic N) is 2. The third kappa shape index (κ3) is 3.18. The summed E-state index contributed by atoms with van der Waals surface area (Å²) in [5.74, 6) is -0.0341. The van der Waals surface area contributed by atoms with Crippen molar-refractivity contribution in [2.75, 3.05) is 11.4 Å². The van der Waals surface area contributed by atoms with Gasteiger partial charge >= 0.3 is 6.18 Å². The molecule has 0 saturated carbocycles. The van der Waals surface area contributed by atoms with Crippen LogP contribution in [0, 0.1) is 0 Å². The minimum Gasteiger partial charge on any atom is -0.296 e. The van der Waals surface area contributed by atoms with E-state index in [9.17, 15) is 18.0 Å². The van der Waals surface area contributed by atoms with Gasteiger partial charge in [0.25, 0.3) is 0 Å². The third-order valence-electron chi connectivity index (χ3n) is 2.98. The lowest BCUT2D eigenvalue weighted by Crippen LogP contribution is -2.31. The maximum absolute atomic E-state index is 12.5. The number of alkyl halides is 3. The Morgan fingerprint density at radius 3 is 2.63 bits per heavy atom. The molecule has 1 aromatic heterocycles. The fourth-order valence-electron chi connectivity index (χ4n) is 1.99. The molecular weight excluding hydrogens is 281 g/mol. The summed E-state index contributed by atoms with van der Waals surface area (Å²) in [4.78, 5) is 16.9. The molecule has 1 aromatic rings. The summed E-state index contributed by atoms with van der Waals surface area (Å²) in [6, 6.07) is 0.808. The molecule has 0 bridgehead atoms. The van der Waals surface area contributed by atoms with Crippen LogP contribution in [-0.4, -0.2) is 17.4 Å². The summed E-state index contributed by atoms with van der Waals surface area (Å²) in [5.41, 5.74) is -0.913. The molecule has 0 radical (unpaired) electrons. The Balaban J connectivity index is 2.32. The Labute approximate surface area is 113 Å². The molecule has 0 aromatic carbocycles. The van der Waals surface area contributed by atoms with Gasteiger partial charge in [-0.15, -0.1) is 0 Å². The van der Waals surface area contributed by atoms with Gasteiger partial charge in [-0.3, -0.25) is 9.69 Å². The zero-order valence-corrected chi connectivity index (χ0v) is 10.8. The van der Waals surface area contributed by atoms with Gasteiger partial charge < -0.3 is 0 Å². The maximum atomic E-state index is 12.5. The lowest BCUT2D eigenvalue weighted by atomic mass is 10.2. The number of carbonyl (C=O) groups is 1. The topological polar surface area (TPSA) is 33.2 Å². The standard InChI is InChI=1S/C12H12ClF3N2O/c13-9-6-8(12(14,15)16)7-17-11(9)18-5-3-1-2-4-10(18)19/h6-7H,1-5H2. The van der Waals surface area contributed by atoms with Crippen molar-refractivity contribution in [3.63, 3.8) is 0 Å². The highest BCUT2D eigenvalue weighted by atomic mass is 35.5. The number of amides is 1. The van der Waals surface area contributed by atoms with E-state index in [1.165, 1.54) is 4.90 Å². The van der Waals surface area contributed by atoms with Crippen LogP contribution in [0.3, 0.4) is 0 Å². The summed E-state index contributed by atoms with van der Waals surface area (Å²) >= 11 is 5.83. The second kappa shape index (κ2) is 5.36. The van der Waals surface area contributed by atoms with Crippen LogP contribution in [0.1, 0.15) is 31.2 Å². The largest absolute Gasteiger partial charge is 0.417 e. The summed E-state index contributed by atoms with van der Waals surface area (Å²) < 4.78 is 37.5. The molecule has 2 heterocycles. The van der Waals surface area contributed by atoms with E-state index in [0.717, 1.165) is 25.3 Å². The molecule has 1 amide bonds. The van der Waals surface area contributed by atoms with Crippen molar-refractivity contribution >= 4 is 23.3 Å². The van der Waals surface area contributed by atoms with Crippen LogP contribution in [0.5, 0.6) is 0 Å². The van der Waals surface area contributed by atoms with E-state index in [0.29, 0.717) is 19.2 Å². The normalized spacial score (nSPS) is 17.5. The summed E-state index contributed by atoms with van der Waals surface area (Å²) in [5, 5.41) is -0.148. The number of pyridine rings is 1. The molecular formula is C12H12ClF3N2O. The van der Waals surface area contributed by atoms with Gasteiger partial charge in [0.1, 0.15) is 0 Å². The first kappa shape index (κ1) is 14.1. The average Bonchev–Trinajstić information content (AvgIpc) is 2.53. The monoisotopic (exact) mass is 292 g/mol. The van der Waals surface area contributed by atoms with Crippen LogP contribution in [0.4, 0.5) is 19.0 Å². The van der Waals surface area contributed by atoms with E-state index in [2.05, 4.69) is 4.98 Å². The molecule has 104 valence electrons. The van der Waals surface area contributed by atoms with Gasteiger partial charge in [0.2, 0.25) is 5.91 Å².